The first-order valence-corrected chi connectivity index (χ1v) is 8.63. The monoisotopic (exact) mass is 340 g/mol. The van der Waals surface area contributed by atoms with Crippen LogP contribution in [0.1, 0.15) is 45.2 Å². The Morgan fingerprint density at radius 3 is 1.84 bits per heavy atom. The van der Waals surface area contributed by atoms with E-state index >= 15 is 0 Å². The van der Waals surface area contributed by atoms with Crippen molar-refractivity contribution in [1.82, 2.24) is 0 Å². The van der Waals surface area contributed by atoms with Gasteiger partial charge in [0.15, 0.2) is 0 Å². The normalized spacial score (nSPS) is 27.6. The van der Waals surface area contributed by atoms with Gasteiger partial charge < -0.3 is 19.7 Å². The summed E-state index contributed by atoms with van der Waals surface area (Å²) in [6.45, 7) is 7.77. The van der Waals surface area contributed by atoms with Gasteiger partial charge in [-0.05, 0) is 12.1 Å². The molecule has 0 saturated heterocycles. The molecule has 1 unspecified atom stereocenters. The second-order valence-electron chi connectivity index (χ2n) is 8.31. The molecule has 1 atom stereocenters. The standard InChI is InChI=1S/C21H24O4/c1-18(2)13-20(24-16-11-7-5-9-14(16)18)21(22,23)19(3,4)15-10-6-8-12-17(15)25-20/h5-12,22-23H,13H2,1-4H3. The predicted molar refractivity (Wildman–Crippen MR) is 94.7 cm³/mol. The van der Waals surface area contributed by atoms with Crippen LogP contribution in [0, 0.1) is 0 Å². The first-order valence-electron chi connectivity index (χ1n) is 8.63. The Balaban J connectivity index is 1.94. The molecule has 132 valence electrons. The van der Waals surface area contributed by atoms with E-state index < -0.39 is 17.0 Å². The van der Waals surface area contributed by atoms with Gasteiger partial charge in [0, 0.05) is 23.0 Å². The lowest BCUT2D eigenvalue weighted by Crippen LogP contribution is -2.73. The Kier molecular flexibility index (Phi) is 3.14. The van der Waals surface area contributed by atoms with Crippen LogP contribution < -0.4 is 9.47 Å². The summed E-state index contributed by atoms with van der Waals surface area (Å²) in [6, 6.07) is 15.2. The van der Waals surface area contributed by atoms with Crippen molar-refractivity contribution in [3.8, 4) is 11.5 Å². The molecule has 2 aromatic carbocycles. The molecular weight excluding hydrogens is 316 g/mol. The maximum atomic E-state index is 11.3. The van der Waals surface area contributed by atoms with E-state index in [1.807, 2.05) is 62.4 Å². The molecule has 0 bridgehead atoms. The molecule has 2 aliphatic heterocycles. The fraction of sp³-hybridized carbons (Fsp3) is 0.429. The Hall–Kier alpha value is -2.04. The Labute approximate surface area is 148 Å². The molecule has 2 aromatic rings. The largest absolute Gasteiger partial charge is 0.447 e. The number of ether oxygens (including phenoxy) is 2. The Morgan fingerprint density at radius 1 is 0.760 bits per heavy atom. The van der Waals surface area contributed by atoms with E-state index in [1.54, 1.807) is 0 Å². The minimum Gasteiger partial charge on any atom is -0.447 e. The van der Waals surface area contributed by atoms with Crippen LogP contribution in [-0.4, -0.2) is 21.8 Å². The fourth-order valence-electron chi connectivity index (χ4n) is 4.24. The number of aliphatic hydroxyl groups is 2. The van der Waals surface area contributed by atoms with Gasteiger partial charge in [-0.15, -0.1) is 0 Å². The molecule has 0 radical (unpaired) electrons. The summed E-state index contributed by atoms with van der Waals surface area (Å²) in [6.07, 6.45) is 0.321. The van der Waals surface area contributed by atoms with Gasteiger partial charge in [0.2, 0.25) is 0 Å². The lowest BCUT2D eigenvalue weighted by atomic mass is 9.65. The Bertz CT molecular complexity index is 833. The van der Waals surface area contributed by atoms with Gasteiger partial charge in [-0.2, -0.15) is 0 Å². The summed E-state index contributed by atoms with van der Waals surface area (Å²) in [5.41, 5.74) is 0.487. The number of benzene rings is 2. The van der Waals surface area contributed by atoms with Crippen molar-refractivity contribution >= 4 is 0 Å². The molecule has 2 N–H and O–H groups in total. The van der Waals surface area contributed by atoms with Crippen molar-refractivity contribution in [1.29, 1.82) is 0 Å². The number of para-hydroxylation sites is 2. The van der Waals surface area contributed by atoms with Crippen LogP contribution in [0.4, 0.5) is 0 Å². The molecule has 4 rings (SSSR count). The zero-order valence-electron chi connectivity index (χ0n) is 15.0. The number of hydrogen-bond acceptors (Lipinski definition) is 4. The highest BCUT2D eigenvalue weighted by atomic mass is 16.7. The molecule has 0 saturated carbocycles. The van der Waals surface area contributed by atoms with Crippen molar-refractivity contribution in [3.05, 3.63) is 59.7 Å². The SMILES string of the molecule is CC1(C)CC2(Oc3ccccc31)Oc1ccccc1C(C)(C)C2(O)O. The summed E-state index contributed by atoms with van der Waals surface area (Å²) < 4.78 is 12.4. The maximum Gasteiger partial charge on any atom is 0.306 e. The second kappa shape index (κ2) is 4.77. The second-order valence-corrected chi connectivity index (χ2v) is 8.31. The van der Waals surface area contributed by atoms with Gasteiger partial charge in [0.05, 0.1) is 5.41 Å². The average molecular weight is 340 g/mol. The topological polar surface area (TPSA) is 58.9 Å². The van der Waals surface area contributed by atoms with Gasteiger partial charge in [-0.25, -0.2) is 0 Å². The smallest absolute Gasteiger partial charge is 0.306 e. The van der Waals surface area contributed by atoms with Crippen LogP contribution in [0.15, 0.2) is 48.5 Å². The highest BCUT2D eigenvalue weighted by Crippen LogP contribution is 2.56. The van der Waals surface area contributed by atoms with Crippen LogP contribution in [0.2, 0.25) is 0 Å². The average Bonchev–Trinajstić information content (AvgIpc) is 2.53. The molecule has 0 amide bonds. The van der Waals surface area contributed by atoms with Gasteiger partial charge in [0.25, 0.3) is 5.79 Å². The van der Waals surface area contributed by atoms with Crippen LogP contribution in [0.5, 0.6) is 11.5 Å². The molecule has 4 nitrogen and oxygen atoms in total. The summed E-state index contributed by atoms with van der Waals surface area (Å²) >= 11 is 0. The number of hydrogen-bond donors (Lipinski definition) is 2. The van der Waals surface area contributed by atoms with Crippen molar-refractivity contribution < 1.29 is 19.7 Å². The summed E-state index contributed by atoms with van der Waals surface area (Å²) in [7, 11) is 0. The predicted octanol–water partition coefficient (Wildman–Crippen LogP) is 3.49. The van der Waals surface area contributed by atoms with Crippen molar-refractivity contribution in [3.63, 3.8) is 0 Å². The third-order valence-corrected chi connectivity index (χ3v) is 5.80. The minimum atomic E-state index is -2.21. The molecule has 2 heterocycles. The molecule has 0 fully saturated rings. The van der Waals surface area contributed by atoms with Crippen LogP contribution in [0.25, 0.3) is 0 Å². The number of rotatable bonds is 0. The Morgan fingerprint density at radius 2 is 1.24 bits per heavy atom. The molecule has 2 aliphatic rings. The molecule has 0 aromatic heterocycles. The zero-order chi connectivity index (χ0) is 18.1. The number of fused-ring (bicyclic) bond motifs is 2. The van der Waals surface area contributed by atoms with E-state index in [4.69, 9.17) is 9.47 Å². The lowest BCUT2D eigenvalue weighted by Gasteiger charge is -2.57. The van der Waals surface area contributed by atoms with Crippen LogP contribution in [-0.2, 0) is 10.8 Å². The highest BCUT2D eigenvalue weighted by Gasteiger charge is 2.69. The first kappa shape index (κ1) is 16.4. The van der Waals surface area contributed by atoms with Gasteiger partial charge in [-0.1, -0.05) is 64.1 Å². The van der Waals surface area contributed by atoms with E-state index in [9.17, 15) is 10.2 Å². The quantitative estimate of drug-likeness (QED) is 0.721. The van der Waals surface area contributed by atoms with Crippen molar-refractivity contribution in [2.75, 3.05) is 0 Å². The van der Waals surface area contributed by atoms with E-state index in [1.165, 1.54) is 0 Å². The lowest BCUT2D eigenvalue weighted by molar-refractivity contribution is -0.374. The summed E-state index contributed by atoms with van der Waals surface area (Å²) in [5.74, 6) is -2.54. The van der Waals surface area contributed by atoms with Crippen molar-refractivity contribution in [2.24, 2.45) is 0 Å². The van der Waals surface area contributed by atoms with E-state index in [0.717, 1.165) is 11.1 Å². The van der Waals surface area contributed by atoms with Gasteiger partial charge in [0.1, 0.15) is 11.5 Å². The minimum absolute atomic E-state index is 0.321. The van der Waals surface area contributed by atoms with Gasteiger partial charge in [-0.3, -0.25) is 0 Å². The molecule has 1 spiro atoms. The third-order valence-electron chi connectivity index (χ3n) is 5.80. The zero-order valence-corrected chi connectivity index (χ0v) is 15.0. The van der Waals surface area contributed by atoms with Crippen LogP contribution >= 0.6 is 0 Å². The third kappa shape index (κ3) is 2.01. The van der Waals surface area contributed by atoms with E-state index in [2.05, 4.69) is 13.8 Å². The van der Waals surface area contributed by atoms with Gasteiger partial charge >= 0.3 is 5.79 Å². The molecular formula is C21H24O4. The van der Waals surface area contributed by atoms with E-state index in [0.29, 0.717) is 17.9 Å². The van der Waals surface area contributed by atoms with Crippen LogP contribution in [0.3, 0.4) is 0 Å². The summed E-state index contributed by atoms with van der Waals surface area (Å²) in [5, 5.41) is 22.6. The maximum absolute atomic E-state index is 11.3. The molecule has 0 aliphatic carbocycles. The van der Waals surface area contributed by atoms with E-state index in [-0.39, 0.29) is 5.41 Å². The molecule has 4 heteroatoms. The highest BCUT2D eigenvalue weighted by molar-refractivity contribution is 5.48. The first-order chi connectivity index (χ1) is 11.6. The summed E-state index contributed by atoms with van der Waals surface area (Å²) in [4.78, 5) is 0. The fourth-order valence-corrected chi connectivity index (χ4v) is 4.24. The van der Waals surface area contributed by atoms with Crippen molar-refractivity contribution in [2.45, 2.75) is 56.5 Å². The molecule has 25 heavy (non-hydrogen) atoms.